The third kappa shape index (κ3) is 1.43. The van der Waals surface area contributed by atoms with Crippen molar-refractivity contribution in [2.45, 2.75) is 38.6 Å². The van der Waals surface area contributed by atoms with Crippen molar-refractivity contribution in [2.75, 3.05) is 0 Å². The third-order valence-corrected chi connectivity index (χ3v) is 5.70. The molecule has 0 bridgehead atoms. The second kappa shape index (κ2) is 3.95. The Morgan fingerprint density at radius 2 is 2.11 bits per heavy atom. The van der Waals surface area contributed by atoms with Gasteiger partial charge in [0.25, 0.3) is 0 Å². The molecule has 1 aliphatic heterocycles. The average Bonchev–Trinajstić information content (AvgIpc) is 3.03. The lowest BCUT2D eigenvalue weighted by Gasteiger charge is -2.31. The molecule has 0 amide bonds. The first kappa shape index (κ1) is 10.8. The maximum Gasteiger partial charge on any atom is 0.0957 e. The lowest BCUT2D eigenvalue weighted by atomic mass is 9.79. The number of imidazole rings is 1. The molecule has 1 fully saturated rings. The Morgan fingerprint density at radius 1 is 1.28 bits per heavy atom. The fraction of sp³-hybridized carbons (Fsp3) is 0.533. The van der Waals surface area contributed by atoms with Gasteiger partial charge in [-0.25, -0.2) is 4.98 Å². The lowest BCUT2D eigenvalue weighted by molar-refractivity contribution is 0.242. The standard InChI is InChI=1S/C15H18N2S/c1-10-2-4-11(5-3-10)14-15-12(6-7-18-15)13-8-16-9-17(13)14/h6-11,14H,2-5H2,1H3/t10?,11?,14-/m0/s1. The van der Waals surface area contributed by atoms with E-state index in [2.05, 4.69) is 27.9 Å². The molecule has 0 unspecified atom stereocenters. The SMILES string of the molecule is CC1CCC([C@H]2c3sccc3-c3cncn32)CC1. The van der Waals surface area contributed by atoms with E-state index >= 15 is 0 Å². The van der Waals surface area contributed by atoms with E-state index in [1.807, 2.05) is 23.9 Å². The number of fused-ring (bicyclic) bond motifs is 3. The van der Waals surface area contributed by atoms with Gasteiger partial charge in [0.1, 0.15) is 0 Å². The van der Waals surface area contributed by atoms with Gasteiger partial charge in [-0.3, -0.25) is 0 Å². The Hall–Kier alpha value is -1.09. The second-order valence-electron chi connectivity index (χ2n) is 5.85. The molecule has 2 aromatic heterocycles. The van der Waals surface area contributed by atoms with Crippen molar-refractivity contribution in [3.8, 4) is 11.3 Å². The lowest BCUT2D eigenvalue weighted by Crippen LogP contribution is -2.22. The summed E-state index contributed by atoms with van der Waals surface area (Å²) in [5, 5.41) is 2.24. The van der Waals surface area contributed by atoms with Gasteiger partial charge in [0.15, 0.2) is 0 Å². The van der Waals surface area contributed by atoms with E-state index < -0.39 is 0 Å². The third-order valence-electron chi connectivity index (χ3n) is 4.71. The summed E-state index contributed by atoms with van der Waals surface area (Å²) in [6.45, 7) is 2.39. The van der Waals surface area contributed by atoms with Crippen LogP contribution >= 0.6 is 11.3 Å². The predicted molar refractivity (Wildman–Crippen MR) is 74.8 cm³/mol. The van der Waals surface area contributed by atoms with Crippen LogP contribution in [0.25, 0.3) is 11.3 Å². The molecule has 1 aliphatic carbocycles. The molecule has 3 heteroatoms. The molecule has 0 spiro atoms. The van der Waals surface area contributed by atoms with E-state index in [9.17, 15) is 0 Å². The molecule has 0 saturated heterocycles. The zero-order valence-electron chi connectivity index (χ0n) is 10.7. The van der Waals surface area contributed by atoms with Crippen LogP contribution in [0.1, 0.15) is 43.5 Å². The van der Waals surface area contributed by atoms with Gasteiger partial charge >= 0.3 is 0 Å². The summed E-state index contributed by atoms with van der Waals surface area (Å²) in [5.41, 5.74) is 2.76. The summed E-state index contributed by atoms with van der Waals surface area (Å²) in [6, 6.07) is 2.84. The zero-order chi connectivity index (χ0) is 12.1. The fourth-order valence-electron chi connectivity index (χ4n) is 3.67. The number of nitrogens with zero attached hydrogens (tertiary/aromatic N) is 2. The zero-order valence-corrected chi connectivity index (χ0v) is 11.5. The first-order valence-electron chi connectivity index (χ1n) is 6.94. The van der Waals surface area contributed by atoms with Gasteiger partial charge < -0.3 is 4.57 Å². The minimum atomic E-state index is 0.574. The van der Waals surface area contributed by atoms with Gasteiger partial charge in [-0.1, -0.05) is 19.8 Å². The van der Waals surface area contributed by atoms with Gasteiger partial charge in [-0.15, -0.1) is 11.3 Å². The van der Waals surface area contributed by atoms with Gasteiger partial charge in [-0.05, 0) is 36.1 Å². The van der Waals surface area contributed by atoms with Crippen LogP contribution in [0.15, 0.2) is 24.0 Å². The van der Waals surface area contributed by atoms with Crippen LogP contribution in [0, 0.1) is 11.8 Å². The first-order valence-corrected chi connectivity index (χ1v) is 7.82. The highest BCUT2D eigenvalue weighted by atomic mass is 32.1. The number of rotatable bonds is 1. The molecule has 4 rings (SSSR count). The van der Waals surface area contributed by atoms with Crippen LogP contribution in [0.2, 0.25) is 0 Å². The van der Waals surface area contributed by atoms with E-state index in [0.717, 1.165) is 11.8 Å². The Balaban J connectivity index is 1.74. The van der Waals surface area contributed by atoms with Gasteiger partial charge in [0.2, 0.25) is 0 Å². The Bertz CT molecular complexity index is 520. The molecule has 1 saturated carbocycles. The van der Waals surface area contributed by atoms with E-state index in [1.54, 1.807) is 4.88 Å². The topological polar surface area (TPSA) is 17.8 Å². The molecule has 94 valence electrons. The average molecular weight is 258 g/mol. The number of hydrogen-bond acceptors (Lipinski definition) is 2. The fourth-order valence-corrected chi connectivity index (χ4v) is 4.76. The molecule has 1 atom stereocenters. The van der Waals surface area contributed by atoms with Gasteiger partial charge in [0, 0.05) is 10.4 Å². The highest BCUT2D eigenvalue weighted by molar-refractivity contribution is 7.10. The van der Waals surface area contributed by atoms with E-state index in [-0.39, 0.29) is 0 Å². The Kier molecular flexibility index (Phi) is 2.37. The van der Waals surface area contributed by atoms with Crippen molar-refractivity contribution in [3.05, 3.63) is 28.8 Å². The normalized spacial score (nSPS) is 30.2. The molecule has 0 N–H and O–H groups in total. The molecular formula is C15H18N2S. The van der Waals surface area contributed by atoms with E-state index in [1.165, 1.54) is 36.9 Å². The number of aromatic nitrogens is 2. The summed E-state index contributed by atoms with van der Waals surface area (Å²) in [4.78, 5) is 5.93. The highest BCUT2D eigenvalue weighted by Gasteiger charge is 2.36. The van der Waals surface area contributed by atoms with E-state index in [0.29, 0.717) is 6.04 Å². The van der Waals surface area contributed by atoms with Crippen molar-refractivity contribution in [1.82, 2.24) is 9.55 Å². The summed E-state index contributed by atoms with van der Waals surface area (Å²) in [6.07, 6.45) is 9.60. The first-order chi connectivity index (χ1) is 8.84. The maximum absolute atomic E-state index is 4.35. The van der Waals surface area contributed by atoms with Crippen LogP contribution in [0.3, 0.4) is 0 Å². The molecule has 2 nitrogen and oxygen atoms in total. The van der Waals surface area contributed by atoms with Crippen LogP contribution in [0.4, 0.5) is 0 Å². The van der Waals surface area contributed by atoms with Crippen molar-refractivity contribution in [1.29, 1.82) is 0 Å². The largest absolute Gasteiger partial charge is 0.322 e. The van der Waals surface area contributed by atoms with Gasteiger partial charge in [-0.2, -0.15) is 0 Å². The molecule has 0 radical (unpaired) electrons. The van der Waals surface area contributed by atoms with Crippen LogP contribution in [-0.4, -0.2) is 9.55 Å². The maximum atomic E-state index is 4.35. The smallest absolute Gasteiger partial charge is 0.0957 e. The number of thiophene rings is 1. The summed E-state index contributed by atoms with van der Waals surface area (Å²) < 4.78 is 2.42. The highest BCUT2D eigenvalue weighted by Crippen LogP contribution is 2.49. The molecule has 18 heavy (non-hydrogen) atoms. The summed E-state index contributed by atoms with van der Waals surface area (Å²) in [7, 11) is 0. The molecule has 3 heterocycles. The van der Waals surface area contributed by atoms with Crippen LogP contribution in [0.5, 0.6) is 0 Å². The predicted octanol–water partition coefficient (Wildman–Crippen LogP) is 4.34. The molecule has 2 aliphatic rings. The summed E-state index contributed by atoms with van der Waals surface area (Å²) >= 11 is 1.93. The Labute approximate surface area is 112 Å². The van der Waals surface area contributed by atoms with Crippen LogP contribution in [-0.2, 0) is 0 Å². The monoisotopic (exact) mass is 258 g/mol. The minimum Gasteiger partial charge on any atom is -0.322 e. The van der Waals surface area contributed by atoms with Gasteiger partial charge in [0.05, 0.1) is 24.3 Å². The van der Waals surface area contributed by atoms with Crippen molar-refractivity contribution >= 4 is 11.3 Å². The second-order valence-corrected chi connectivity index (χ2v) is 6.80. The molecule has 0 aromatic carbocycles. The quantitative estimate of drug-likeness (QED) is 0.744. The van der Waals surface area contributed by atoms with Crippen molar-refractivity contribution < 1.29 is 0 Å². The van der Waals surface area contributed by atoms with E-state index in [4.69, 9.17) is 0 Å². The number of hydrogen-bond donors (Lipinski definition) is 0. The molecular weight excluding hydrogens is 240 g/mol. The summed E-state index contributed by atoms with van der Waals surface area (Å²) in [5.74, 6) is 1.74. The van der Waals surface area contributed by atoms with Crippen molar-refractivity contribution in [3.63, 3.8) is 0 Å². The van der Waals surface area contributed by atoms with Crippen molar-refractivity contribution in [2.24, 2.45) is 11.8 Å². The Morgan fingerprint density at radius 3 is 2.94 bits per heavy atom. The molecule has 2 aromatic rings. The van der Waals surface area contributed by atoms with Crippen LogP contribution < -0.4 is 0 Å². The minimum absolute atomic E-state index is 0.574.